The van der Waals surface area contributed by atoms with Crippen LogP contribution in [-0.4, -0.2) is 5.34 Å². The summed E-state index contributed by atoms with van der Waals surface area (Å²) in [6, 6.07) is 0. The normalized spacial score (nSPS) is 3.60. The third kappa shape index (κ3) is 20.3. The predicted octanol–water partition coefficient (Wildman–Crippen LogP) is -4.57. The van der Waals surface area contributed by atoms with Gasteiger partial charge in [-0.2, -0.15) is 0 Å². The van der Waals surface area contributed by atoms with Gasteiger partial charge in [-0.25, -0.2) is 0 Å². The zero-order valence-corrected chi connectivity index (χ0v) is 9.06. The van der Waals surface area contributed by atoms with E-state index >= 15 is 0 Å². The second-order valence-corrected chi connectivity index (χ2v) is 0.909. The SMILES string of the molecule is ClCCl.[Br-].[K+]. The van der Waals surface area contributed by atoms with Crippen molar-refractivity contribution in [3.05, 3.63) is 0 Å². The monoisotopic (exact) mass is 202 g/mol. The Hall–Kier alpha value is 2.70. The van der Waals surface area contributed by atoms with Gasteiger partial charge in [0.25, 0.3) is 0 Å². The molecule has 0 N–H and O–H groups in total. The van der Waals surface area contributed by atoms with Crippen molar-refractivity contribution in [3.8, 4) is 0 Å². The molecule has 4 heteroatoms. The summed E-state index contributed by atoms with van der Waals surface area (Å²) in [6.45, 7) is 0. The zero-order valence-electron chi connectivity index (χ0n) is 2.84. The van der Waals surface area contributed by atoms with E-state index in [4.69, 9.17) is 23.2 Å². The molecule has 0 fully saturated rings. The van der Waals surface area contributed by atoms with Gasteiger partial charge in [0, 0.05) is 0 Å². The summed E-state index contributed by atoms with van der Waals surface area (Å²) in [4.78, 5) is 0. The van der Waals surface area contributed by atoms with Crippen molar-refractivity contribution in [2.24, 2.45) is 0 Å². The third-order valence-electron chi connectivity index (χ3n) is 0. The summed E-state index contributed by atoms with van der Waals surface area (Å²) in [5.74, 6) is 0. The molecule has 0 atom stereocenters. The van der Waals surface area contributed by atoms with Crippen molar-refractivity contribution in [2.45, 2.75) is 0 Å². The Morgan fingerprint density at radius 2 is 1.20 bits per heavy atom. The van der Waals surface area contributed by atoms with E-state index in [9.17, 15) is 0 Å². The Bertz CT molecular complexity index is 9.61. The average molecular weight is 204 g/mol. The maximum absolute atomic E-state index is 4.76. The molecule has 0 nitrogen and oxygen atoms in total. The van der Waals surface area contributed by atoms with Gasteiger partial charge in [-0.15, -0.1) is 23.2 Å². The van der Waals surface area contributed by atoms with E-state index in [1.165, 1.54) is 0 Å². The molecule has 0 saturated heterocycles. The van der Waals surface area contributed by atoms with Crippen molar-refractivity contribution < 1.29 is 68.4 Å². The number of hydrogen-bond acceptors (Lipinski definition) is 0. The van der Waals surface area contributed by atoms with E-state index in [1.807, 2.05) is 0 Å². The fourth-order valence-corrected chi connectivity index (χ4v) is 0. The van der Waals surface area contributed by atoms with Crippen LogP contribution in [0.3, 0.4) is 0 Å². The van der Waals surface area contributed by atoms with Crippen LogP contribution in [0, 0.1) is 0 Å². The molecule has 0 aliphatic carbocycles. The molecule has 0 aromatic heterocycles. The van der Waals surface area contributed by atoms with E-state index in [1.54, 1.807) is 0 Å². The van der Waals surface area contributed by atoms with Crippen LogP contribution in [0.4, 0.5) is 0 Å². The summed E-state index contributed by atoms with van der Waals surface area (Å²) in [7, 11) is 0. The van der Waals surface area contributed by atoms with Gasteiger partial charge in [0.05, 0.1) is 5.34 Å². The molecule has 0 amide bonds. The molecule has 0 aromatic carbocycles. The molecule has 0 aliphatic heterocycles. The first-order valence-electron chi connectivity index (χ1n) is 0.535. The minimum Gasteiger partial charge on any atom is -1.00 e. The van der Waals surface area contributed by atoms with E-state index in [0.29, 0.717) is 0 Å². The Morgan fingerprint density at radius 3 is 1.20 bits per heavy atom. The standard InChI is InChI=1S/CH2Cl2.BrH.K/c2-1-3;;/h1H2;1H;/q;;+1/p-1. The first-order valence-corrected chi connectivity index (χ1v) is 1.60. The second-order valence-electron chi connectivity index (χ2n) is 0.101. The summed E-state index contributed by atoms with van der Waals surface area (Å²) < 4.78 is 0. The number of halogens is 3. The van der Waals surface area contributed by atoms with Crippen molar-refractivity contribution in [3.63, 3.8) is 0 Å². The summed E-state index contributed by atoms with van der Waals surface area (Å²) in [6.07, 6.45) is 0. The molecular weight excluding hydrogens is 202 g/mol. The molecule has 28 valence electrons. The van der Waals surface area contributed by atoms with Crippen LogP contribution in [0.2, 0.25) is 0 Å². The zero-order chi connectivity index (χ0) is 2.71. The molecule has 0 radical (unpaired) electrons. The first kappa shape index (κ1) is 15.6. The first-order chi connectivity index (χ1) is 1.41. The summed E-state index contributed by atoms with van der Waals surface area (Å²) in [5.41, 5.74) is 0. The molecule has 0 rings (SSSR count). The third-order valence-corrected chi connectivity index (χ3v) is 0. The smallest absolute Gasteiger partial charge is 1.00 e. The van der Waals surface area contributed by atoms with Gasteiger partial charge < -0.3 is 17.0 Å². The number of rotatable bonds is 0. The molecule has 5 heavy (non-hydrogen) atoms. The Balaban J connectivity index is -0.0000000200. The van der Waals surface area contributed by atoms with Crippen molar-refractivity contribution >= 4 is 23.2 Å². The fourth-order valence-electron chi connectivity index (χ4n) is 0. The average Bonchev–Trinajstić information content (AvgIpc) is 0.918. The van der Waals surface area contributed by atoms with Crippen molar-refractivity contribution in [1.82, 2.24) is 0 Å². The van der Waals surface area contributed by atoms with Gasteiger partial charge in [0.15, 0.2) is 0 Å². The number of hydrogen-bond donors (Lipinski definition) is 0. The second kappa shape index (κ2) is 15.9. The molecule has 0 aromatic rings. The van der Waals surface area contributed by atoms with E-state index in [0.717, 1.165) is 0 Å². The minimum atomic E-state index is 0. The van der Waals surface area contributed by atoms with Crippen LogP contribution in [0.1, 0.15) is 0 Å². The number of alkyl halides is 2. The fraction of sp³-hybridized carbons (Fsp3) is 1.00. The largest absolute Gasteiger partial charge is 1.00 e. The van der Waals surface area contributed by atoms with Crippen molar-refractivity contribution in [1.29, 1.82) is 0 Å². The Morgan fingerprint density at radius 1 is 1.20 bits per heavy atom. The van der Waals surface area contributed by atoms with Crippen LogP contribution in [0.25, 0.3) is 0 Å². The van der Waals surface area contributed by atoms with Crippen LogP contribution >= 0.6 is 23.2 Å². The molecule has 0 saturated carbocycles. The van der Waals surface area contributed by atoms with Crippen LogP contribution in [0.15, 0.2) is 0 Å². The van der Waals surface area contributed by atoms with Crippen molar-refractivity contribution in [2.75, 3.05) is 5.34 Å². The maximum atomic E-state index is 4.76. The van der Waals surface area contributed by atoms with Gasteiger partial charge >= 0.3 is 51.4 Å². The maximum Gasteiger partial charge on any atom is 1.00 e. The van der Waals surface area contributed by atoms with E-state index in [-0.39, 0.29) is 73.7 Å². The summed E-state index contributed by atoms with van der Waals surface area (Å²) in [5, 5.41) is 0.194. The van der Waals surface area contributed by atoms with Crippen LogP contribution < -0.4 is 68.4 Å². The topological polar surface area (TPSA) is 0 Å². The predicted molar refractivity (Wildman–Crippen MR) is 16.6 cm³/mol. The molecular formula is CH2BrCl2K. The van der Waals surface area contributed by atoms with Crippen LogP contribution in [-0.2, 0) is 0 Å². The quantitative estimate of drug-likeness (QED) is 0.275. The molecule has 0 heterocycles. The van der Waals surface area contributed by atoms with Gasteiger partial charge in [-0.1, -0.05) is 0 Å². The van der Waals surface area contributed by atoms with Gasteiger partial charge in [0.1, 0.15) is 0 Å². The Kier molecular flexibility index (Phi) is 49.8. The van der Waals surface area contributed by atoms with Crippen LogP contribution in [0.5, 0.6) is 0 Å². The Labute approximate surface area is 94.8 Å². The molecule has 0 aliphatic rings. The van der Waals surface area contributed by atoms with Gasteiger partial charge in [-0.05, 0) is 0 Å². The molecule has 0 bridgehead atoms. The summed E-state index contributed by atoms with van der Waals surface area (Å²) >= 11 is 9.53. The van der Waals surface area contributed by atoms with E-state index in [2.05, 4.69) is 0 Å². The van der Waals surface area contributed by atoms with E-state index < -0.39 is 0 Å². The molecule has 0 spiro atoms. The van der Waals surface area contributed by atoms with Gasteiger partial charge in [-0.3, -0.25) is 0 Å². The minimum absolute atomic E-state index is 0. The molecule has 0 unspecified atom stereocenters. The van der Waals surface area contributed by atoms with Gasteiger partial charge in [0.2, 0.25) is 0 Å².